The molecule has 0 bridgehead atoms. The first-order chi connectivity index (χ1) is 20.7. The first-order valence-electron chi connectivity index (χ1n) is 14.6. The Labute approximate surface area is 262 Å². The first kappa shape index (κ1) is 34.4. The topological polar surface area (TPSA) is 87.6 Å². The molecule has 2 N–H and O–H groups in total. The number of phenols is 2. The van der Waals surface area contributed by atoms with Crippen LogP contribution in [0.5, 0.6) is 11.5 Å². The molecule has 234 valence electrons. The monoisotopic (exact) mass is 598 g/mol. The average Bonchev–Trinajstić information content (AvgIpc) is 2.94. The summed E-state index contributed by atoms with van der Waals surface area (Å²) in [7, 11) is 15.4. The summed E-state index contributed by atoms with van der Waals surface area (Å²) in [4.78, 5) is 34.0. The second kappa shape index (κ2) is 15.6. The van der Waals surface area contributed by atoms with Crippen molar-refractivity contribution in [1.82, 2.24) is 19.6 Å². The largest absolute Gasteiger partial charge is 0.507 e. The number of allylic oxidation sites excluding steroid dienone is 2. The van der Waals surface area contributed by atoms with Crippen molar-refractivity contribution >= 4 is 23.7 Å². The zero-order valence-electron chi connectivity index (χ0n) is 27.3. The molecule has 0 amide bonds. The van der Waals surface area contributed by atoms with Gasteiger partial charge in [0.05, 0.1) is 0 Å². The molecule has 0 aromatic heterocycles. The van der Waals surface area contributed by atoms with Gasteiger partial charge in [-0.2, -0.15) is 0 Å². The number of ketones is 2. The van der Waals surface area contributed by atoms with Crippen molar-refractivity contribution in [2.75, 3.05) is 56.4 Å². The van der Waals surface area contributed by atoms with E-state index in [0.29, 0.717) is 59.6 Å². The predicted molar refractivity (Wildman–Crippen MR) is 179 cm³/mol. The molecule has 44 heavy (non-hydrogen) atoms. The van der Waals surface area contributed by atoms with Gasteiger partial charge in [-0.05, 0) is 104 Å². The van der Waals surface area contributed by atoms with Crippen LogP contribution in [0.1, 0.15) is 54.1 Å². The Bertz CT molecular complexity index is 1340. The Morgan fingerprint density at radius 3 is 1.00 bits per heavy atom. The molecule has 0 heterocycles. The van der Waals surface area contributed by atoms with Gasteiger partial charge < -0.3 is 29.8 Å². The molecule has 0 unspecified atom stereocenters. The van der Waals surface area contributed by atoms with Gasteiger partial charge in [0, 0.05) is 59.6 Å². The Morgan fingerprint density at radius 1 is 0.523 bits per heavy atom. The van der Waals surface area contributed by atoms with Gasteiger partial charge in [0.15, 0.2) is 11.6 Å². The maximum absolute atomic E-state index is 13.1. The number of carbonyl (C=O) groups excluding carboxylic acids is 2. The summed E-state index contributed by atoms with van der Waals surface area (Å²) in [5.41, 5.74) is 5.62. The third kappa shape index (κ3) is 9.99. The van der Waals surface area contributed by atoms with Crippen LogP contribution >= 0.6 is 0 Å². The van der Waals surface area contributed by atoms with E-state index in [1.807, 2.05) is 100 Å². The number of hydrogen-bond donors (Lipinski definition) is 2. The zero-order chi connectivity index (χ0) is 32.6. The van der Waals surface area contributed by atoms with Crippen molar-refractivity contribution in [3.63, 3.8) is 0 Å². The second-order valence-electron chi connectivity index (χ2n) is 12.3. The van der Waals surface area contributed by atoms with Crippen LogP contribution in [-0.2, 0) is 26.2 Å². The summed E-state index contributed by atoms with van der Waals surface area (Å²) in [5.74, 6) is 0.165. The van der Waals surface area contributed by atoms with Crippen LogP contribution < -0.4 is 0 Å². The van der Waals surface area contributed by atoms with Gasteiger partial charge in [0.25, 0.3) is 0 Å². The third-order valence-corrected chi connectivity index (χ3v) is 6.84. The van der Waals surface area contributed by atoms with Gasteiger partial charge in [-0.3, -0.25) is 9.59 Å². The van der Waals surface area contributed by atoms with E-state index in [1.54, 1.807) is 48.6 Å². The standard InChI is InChI=1S/C36H46N4O4/c1-37(2)21-29-17-27(18-30(35(29)43)22-38(3)4)33(41)15-13-25-9-11-26(12-10-25)14-16-34(42)28-19-31(23-39(5)6)36(44)32(20-28)24-40(7)8/h9-20,43-44H,21-24H2,1-8H3/b15-13+,16-14+. The van der Waals surface area contributed by atoms with E-state index in [9.17, 15) is 19.8 Å². The second-order valence-corrected chi connectivity index (χ2v) is 12.3. The lowest BCUT2D eigenvalue weighted by atomic mass is 9.99. The lowest BCUT2D eigenvalue weighted by Gasteiger charge is -2.17. The van der Waals surface area contributed by atoms with Crippen LogP contribution in [0.25, 0.3) is 12.2 Å². The maximum Gasteiger partial charge on any atom is 0.185 e. The van der Waals surface area contributed by atoms with Gasteiger partial charge in [0.2, 0.25) is 0 Å². The zero-order valence-corrected chi connectivity index (χ0v) is 27.3. The fourth-order valence-corrected chi connectivity index (χ4v) is 4.90. The van der Waals surface area contributed by atoms with Gasteiger partial charge >= 0.3 is 0 Å². The molecule has 3 aromatic carbocycles. The maximum atomic E-state index is 13.1. The highest BCUT2D eigenvalue weighted by Crippen LogP contribution is 2.28. The van der Waals surface area contributed by atoms with E-state index >= 15 is 0 Å². The minimum Gasteiger partial charge on any atom is -0.507 e. The minimum atomic E-state index is -0.143. The molecule has 0 aliphatic carbocycles. The molecule has 0 aliphatic heterocycles. The Hall–Kier alpha value is -4.08. The van der Waals surface area contributed by atoms with Gasteiger partial charge in [-0.1, -0.05) is 36.4 Å². The molecule has 3 rings (SSSR count). The van der Waals surface area contributed by atoms with Crippen LogP contribution in [-0.4, -0.2) is 97.8 Å². The minimum absolute atomic E-state index is 0.143. The summed E-state index contributed by atoms with van der Waals surface area (Å²) in [6.45, 7) is 2.09. The summed E-state index contributed by atoms with van der Waals surface area (Å²) in [5, 5.41) is 21.5. The molecule has 8 nitrogen and oxygen atoms in total. The van der Waals surface area contributed by atoms with Crippen LogP contribution in [0.3, 0.4) is 0 Å². The van der Waals surface area contributed by atoms with Gasteiger partial charge in [-0.25, -0.2) is 0 Å². The predicted octanol–water partition coefficient (Wildman–Crippen LogP) is 5.14. The van der Waals surface area contributed by atoms with Gasteiger partial charge in [-0.15, -0.1) is 0 Å². The van der Waals surface area contributed by atoms with Crippen molar-refractivity contribution in [3.8, 4) is 11.5 Å². The highest BCUT2D eigenvalue weighted by Gasteiger charge is 2.16. The van der Waals surface area contributed by atoms with E-state index in [4.69, 9.17) is 0 Å². The van der Waals surface area contributed by atoms with Crippen LogP contribution in [0.4, 0.5) is 0 Å². The molecule has 0 atom stereocenters. The fourth-order valence-electron chi connectivity index (χ4n) is 4.90. The van der Waals surface area contributed by atoms with Crippen LogP contribution in [0.2, 0.25) is 0 Å². The van der Waals surface area contributed by atoms with Crippen molar-refractivity contribution in [2.24, 2.45) is 0 Å². The number of aromatic hydroxyl groups is 2. The summed E-state index contributed by atoms with van der Waals surface area (Å²) < 4.78 is 0. The van der Waals surface area contributed by atoms with Crippen LogP contribution in [0, 0.1) is 0 Å². The molecule has 0 fully saturated rings. The molecule has 0 spiro atoms. The smallest absolute Gasteiger partial charge is 0.185 e. The van der Waals surface area contributed by atoms with Crippen molar-refractivity contribution in [2.45, 2.75) is 26.2 Å². The molecule has 3 aromatic rings. The number of hydrogen-bond acceptors (Lipinski definition) is 8. The highest BCUT2D eigenvalue weighted by molar-refractivity contribution is 6.08. The van der Waals surface area contributed by atoms with Crippen molar-refractivity contribution < 1.29 is 19.8 Å². The van der Waals surface area contributed by atoms with Crippen molar-refractivity contribution in [3.05, 3.63) is 105 Å². The van der Waals surface area contributed by atoms with E-state index in [2.05, 4.69) is 0 Å². The summed E-state index contributed by atoms with van der Waals surface area (Å²) in [6, 6.07) is 14.6. The van der Waals surface area contributed by atoms with E-state index in [0.717, 1.165) is 11.1 Å². The number of rotatable bonds is 14. The third-order valence-electron chi connectivity index (χ3n) is 6.84. The van der Waals surface area contributed by atoms with E-state index in [-0.39, 0.29) is 23.1 Å². The fraction of sp³-hybridized carbons (Fsp3) is 0.333. The normalized spacial score (nSPS) is 12.1. The lowest BCUT2D eigenvalue weighted by Crippen LogP contribution is -2.15. The lowest BCUT2D eigenvalue weighted by molar-refractivity contribution is 0.103. The Kier molecular flexibility index (Phi) is 12.2. The van der Waals surface area contributed by atoms with E-state index < -0.39 is 0 Å². The molecular formula is C36H46N4O4. The Morgan fingerprint density at radius 2 is 0.773 bits per heavy atom. The SMILES string of the molecule is CN(C)Cc1cc(C(=O)/C=C/c2ccc(/C=C/C(=O)c3cc(CN(C)C)c(O)c(CN(C)C)c3)cc2)cc(CN(C)C)c1O. The molecular weight excluding hydrogens is 552 g/mol. The number of nitrogens with zero attached hydrogens (tertiary/aromatic N) is 4. The molecule has 0 saturated carbocycles. The summed E-state index contributed by atoms with van der Waals surface area (Å²) in [6.07, 6.45) is 6.61. The quantitative estimate of drug-likeness (QED) is 0.195. The molecule has 0 radical (unpaired) electrons. The molecule has 0 saturated heterocycles. The average molecular weight is 599 g/mol. The van der Waals surface area contributed by atoms with Crippen LogP contribution in [0.15, 0.2) is 60.7 Å². The summed E-state index contributed by atoms with van der Waals surface area (Å²) >= 11 is 0. The first-order valence-corrected chi connectivity index (χ1v) is 14.6. The van der Waals surface area contributed by atoms with Crippen molar-refractivity contribution in [1.29, 1.82) is 0 Å². The van der Waals surface area contributed by atoms with E-state index in [1.165, 1.54) is 0 Å². The van der Waals surface area contributed by atoms with Gasteiger partial charge in [0.1, 0.15) is 11.5 Å². The number of carbonyl (C=O) groups is 2. The number of benzene rings is 3. The molecule has 0 aliphatic rings. The number of phenolic OH excluding ortho intramolecular Hbond substituents is 2. The Balaban J connectivity index is 1.76. The molecule has 8 heteroatoms. The highest BCUT2D eigenvalue weighted by atomic mass is 16.3.